The van der Waals surface area contributed by atoms with E-state index in [2.05, 4.69) is 20.3 Å². The van der Waals surface area contributed by atoms with E-state index in [4.69, 9.17) is 0 Å². The lowest BCUT2D eigenvalue weighted by atomic mass is 9.98. The summed E-state index contributed by atoms with van der Waals surface area (Å²) in [5.41, 5.74) is -0.237. The largest absolute Gasteiger partial charge is 0.344 e. The minimum absolute atomic E-state index is 0.141. The van der Waals surface area contributed by atoms with Crippen molar-refractivity contribution in [2.75, 3.05) is 13.6 Å². The molecule has 3 aromatic rings. The molecular formula is C28H29F4N5O2. The van der Waals surface area contributed by atoms with E-state index in [0.717, 1.165) is 25.0 Å². The Balaban J connectivity index is 1.56. The first-order valence-electron chi connectivity index (χ1n) is 12.5. The van der Waals surface area contributed by atoms with Gasteiger partial charge in [-0.1, -0.05) is 0 Å². The fourth-order valence-electron chi connectivity index (χ4n) is 4.13. The highest BCUT2D eigenvalue weighted by Gasteiger charge is 2.32. The Kier molecular flexibility index (Phi) is 7.72. The van der Waals surface area contributed by atoms with E-state index in [-0.39, 0.29) is 11.5 Å². The van der Waals surface area contributed by atoms with Crippen LogP contribution < -0.4 is 5.32 Å². The predicted molar refractivity (Wildman–Crippen MR) is 136 cm³/mol. The maximum atomic E-state index is 14.0. The van der Waals surface area contributed by atoms with Gasteiger partial charge < -0.3 is 10.2 Å². The van der Waals surface area contributed by atoms with Crippen molar-refractivity contribution in [1.29, 1.82) is 0 Å². The monoisotopic (exact) mass is 543 g/mol. The van der Waals surface area contributed by atoms with E-state index >= 15 is 0 Å². The van der Waals surface area contributed by atoms with Crippen molar-refractivity contribution in [3.05, 3.63) is 76.9 Å². The Morgan fingerprint density at radius 3 is 2.13 bits per heavy atom. The Morgan fingerprint density at radius 2 is 1.59 bits per heavy atom. The van der Waals surface area contributed by atoms with Crippen LogP contribution in [-0.4, -0.2) is 45.3 Å². The lowest BCUT2D eigenvalue weighted by Gasteiger charge is -2.20. The molecule has 11 heteroatoms. The summed E-state index contributed by atoms with van der Waals surface area (Å²) in [6, 6.07) is 4.97. The highest BCUT2D eigenvalue weighted by Crippen LogP contribution is 2.35. The van der Waals surface area contributed by atoms with Gasteiger partial charge in [0.2, 0.25) is 0 Å². The third kappa shape index (κ3) is 6.76. The van der Waals surface area contributed by atoms with E-state index < -0.39 is 34.9 Å². The molecule has 1 aromatic carbocycles. The van der Waals surface area contributed by atoms with Crippen LogP contribution in [0.1, 0.15) is 77.2 Å². The molecular weight excluding hydrogens is 514 g/mol. The van der Waals surface area contributed by atoms with Crippen molar-refractivity contribution in [1.82, 2.24) is 25.2 Å². The normalized spacial score (nSPS) is 14.6. The Bertz CT molecular complexity index is 1330. The molecule has 1 unspecified atom stereocenters. The first-order chi connectivity index (χ1) is 18.2. The van der Waals surface area contributed by atoms with Crippen LogP contribution in [0, 0.1) is 5.92 Å². The van der Waals surface area contributed by atoms with E-state index in [0.29, 0.717) is 55.0 Å². The molecule has 1 N–H and O–H groups in total. The number of nitrogens with zero attached hydrogens (tertiary/aromatic N) is 4. The van der Waals surface area contributed by atoms with Gasteiger partial charge in [-0.15, -0.1) is 0 Å². The van der Waals surface area contributed by atoms with Gasteiger partial charge in [0.1, 0.15) is 5.69 Å². The highest BCUT2D eigenvalue weighted by molar-refractivity contribution is 5.95. The molecule has 4 rings (SSSR count). The fraction of sp³-hybridized carbons (Fsp3) is 0.393. The second-order valence-electron chi connectivity index (χ2n) is 10.1. The van der Waals surface area contributed by atoms with Crippen molar-refractivity contribution < 1.29 is 27.2 Å². The molecule has 39 heavy (non-hydrogen) atoms. The summed E-state index contributed by atoms with van der Waals surface area (Å²) < 4.78 is 56.0. The van der Waals surface area contributed by atoms with Gasteiger partial charge in [-0.2, -0.15) is 0 Å². The third-order valence-electron chi connectivity index (χ3n) is 6.52. The van der Waals surface area contributed by atoms with Crippen LogP contribution in [-0.2, 0) is 11.8 Å². The number of carbonyl (C=O) groups is 2. The van der Waals surface area contributed by atoms with Crippen molar-refractivity contribution in [2.45, 2.75) is 51.5 Å². The zero-order valence-corrected chi connectivity index (χ0v) is 22.0. The number of pyridine rings is 1. The molecule has 1 aliphatic rings. The molecule has 7 nitrogen and oxygen atoms in total. The Hall–Kier alpha value is -3.89. The summed E-state index contributed by atoms with van der Waals surface area (Å²) in [5, 5.41) is 2.63. The van der Waals surface area contributed by atoms with E-state index in [9.17, 15) is 27.2 Å². The molecule has 0 bridgehead atoms. The zero-order valence-electron chi connectivity index (χ0n) is 22.0. The van der Waals surface area contributed by atoms with Crippen LogP contribution in [0.3, 0.4) is 0 Å². The topological polar surface area (TPSA) is 88.1 Å². The molecule has 2 amide bonds. The fourth-order valence-corrected chi connectivity index (χ4v) is 4.13. The summed E-state index contributed by atoms with van der Waals surface area (Å²) in [6.07, 6.45) is 6.56. The molecule has 1 aliphatic carbocycles. The Morgan fingerprint density at radius 1 is 0.974 bits per heavy atom. The summed E-state index contributed by atoms with van der Waals surface area (Å²) in [7, 11) is 1.75. The average Bonchev–Trinajstić information content (AvgIpc) is 3.71. The number of hydrogen-bond acceptors (Lipinski definition) is 5. The van der Waals surface area contributed by atoms with Crippen LogP contribution in [0.15, 0.2) is 48.9 Å². The molecule has 2 heterocycles. The molecule has 0 saturated heterocycles. The number of amides is 2. The number of carbonyl (C=O) groups excluding carboxylic acids is 2. The standard InChI is InChI=1S/C28H29F4N5O2/c1-16(36-25(38)19-11-20(27(2,29)30)13-21(12-19)28(3,31)32)23-24(34-10-9-33-23)22-8-7-18(14-35-22)26(39)37(4)15-17-5-6-17/h7-14,16-17H,5-6,15H2,1-4H3,(H,36,38). The first kappa shape index (κ1) is 28.1. The van der Waals surface area contributed by atoms with E-state index in [1.54, 1.807) is 31.0 Å². The van der Waals surface area contributed by atoms with Crippen molar-refractivity contribution >= 4 is 11.8 Å². The average molecular weight is 544 g/mol. The van der Waals surface area contributed by atoms with Gasteiger partial charge in [-0.25, -0.2) is 17.6 Å². The first-order valence-corrected chi connectivity index (χ1v) is 12.5. The molecule has 206 valence electrons. The summed E-state index contributed by atoms with van der Waals surface area (Å²) in [5.74, 6) is -7.27. The molecule has 1 atom stereocenters. The second-order valence-corrected chi connectivity index (χ2v) is 10.1. The summed E-state index contributed by atoms with van der Waals surface area (Å²) in [4.78, 5) is 40.4. The lowest BCUT2D eigenvalue weighted by molar-refractivity contribution is 0.0105. The van der Waals surface area contributed by atoms with Gasteiger partial charge in [-0.05, 0) is 56.0 Å². The number of aromatic nitrogens is 3. The number of alkyl halides is 4. The number of rotatable bonds is 9. The predicted octanol–water partition coefficient (Wildman–Crippen LogP) is 5.74. The SMILES string of the molecule is CC(NC(=O)c1cc(C(C)(F)F)cc(C(C)(F)F)c1)c1nccnc1-c1ccc(C(=O)N(C)CC2CC2)cn1. The van der Waals surface area contributed by atoms with Gasteiger partial charge in [0.25, 0.3) is 23.7 Å². The van der Waals surface area contributed by atoms with E-state index in [1.165, 1.54) is 18.6 Å². The Labute approximate surface area is 223 Å². The quantitative estimate of drug-likeness (QED) is 0.348. The number of hydrogen-bond donors (Lipinski definition) is 1. The van der Waals surface area contributed by atoms with Gasteiger partial charge in [0.15, 0.2) is 0 Å². The molecule has 0 radical (unpaired) electrons. The van der Waals surface area contributed by atoms with Crippen LogP contribution in [0.25, 0.3) is 11.4 Å². The molecule has 1 fully saturated rings. The van der Waals surface area contributed by atoms with Crippen molar-refractivity contribution in [3.8, 4) is 11.4 Å². The molecule has 1 saturated carbocycles. The maximum absolute atomic E-state index is 14.0. The van der Waals surface area contributed by atoms with Gasteiger partial charge in [0, 0.05) is 62.7 Å². The minimum Gasteiger partial charge on any atom is -0.344 e. The van der Waals surface area contributed by atoms with Crippen LogP contribution >= 0.6 is 0 Å². The lowest BCUT2D eigenvalue weighted by Crippen LogP contribution is -2.29. The van der Waals surface area contributed by atoms with Gasteiger partial charge in [-0.3, -0.25) is 24.5 Å². The smallest absolute Gasteiger partial charge is 0.270 e. The number of nitrogens with one attached hydrogen (secondary N) is 1. The number of halogens is 4. The van der Waals surface area contributed by atoms with Gasteiger partial charge >= 0.3 is 0 Å². The number of benzene rings is 1. The van der Waals surface area contributed by atoms with Crippen LogP contribution in [0.2, 0.25) is 0 Å². The highest BCUT2D eigenvalue weighted by atomic mass is 19.3. The molecule has 0 aliphatic heterocycles. The zero-order chi connectivity index (χ0) is 28.5. The summed E-state index contributed by atoms with van der Waals surface area (Å²) in [6.45, 7) is 3.45. The van der Waals surface area contributed by atoms with E-state index in [1.807, 2.05) is 0 Å². The summed E-state index contributed by atoms with van der Waals surface area (Å²) >= 11 is 0. The molecule has 0 spiro atoms. The second kappa shape index (κ2) is 10.7. The maximum Gasteiger partial charge on any atom is 0.270 e. The van der Waals surface area contributed by atoms with Gasteiger partial charge in [0.05, 0.1) is 23.0 Å². The minimum atomic E-state index is -3.42. The van der Waals surface area contributed by atoms with Crippen molar-refractivity contribution in [2.24, 2.45) is 5.92 Å². The third-order valence-corrected chi connectivity index (χ3v) is 6.52. The molecule has 2 aromatic heterocycles. The van der Waals surface area contributed by atoms with Crippen LogP contribution in [0.5, 0.6) is 0 Å². The van der Waals surface area contributed by atoms with Crippen LogP contribution in [0.4, 0.5) is 17.6 Å². The van der Waals surface area contributed by atoms with Crippen molar-refractivity contribution in [3.63, 3.8) is 0 Å².